The van der Waals surface area contributed by atoms with Crippen molar-refractivity contribution in [2.45, 2.75) is 13.3 Å². The number of primary amides is 1. The van der Waals surface area contributed by atoms with E-state index >= 15 is 0 Å². The van der Waals surface area contributed by atoms with Crippen molar-refractivity contribution in [2.24, 2.45) is 11.7 Å². The van der Waals surface area contributed by atoms with Crippen molar-refractivity contribution >= 4 is 16.0 Å². The van der Waals surface area contributed by atoms with E-state index in [-0.39, 0.29) is 37.4 Å². The predicted octanol–water partition coefficient (Wildman–Crippen LogP) is -3.50. The molecule has 3 N–H and O–H groups in total. The monoisotopic (exact) mass is 205 g/mol. The van der Waals surface area contributed by atoms with Crippen molar-refractivity contribution < 1.29 is 48.7 Å². The molecule has 0 aromatic rings. The summed E-state index contributed by atoms with van der Waals surface area (Å²) in [5.74, 6) is -1.42. The van der Waals surface area contributed by atoms with Crippen molar-refractivity contribution in [3.8, 4) is 0 Å². The molecule has 0 heterocycles. The van der Waals surface area contributed by atoms with Crippen LogP contribution < -0.4 is 35.3 Å². The third kappa shape index (κ3) is 10.4. The maximum absolute atomic E-state index is 10.2. The molecule has 12 heavy (non-hydrogen) atoms. The fourth-order valence-corrected chi connectivity index (χ4v) is 1.60. The maximum Gasteiger partial charge on any atom is 1.00 e. The second-order valence-corrected chi connectivity index (χ2v) is 4.02. The van der Waals surface area contributed by atoms with Gasteiger partial charge in [-0.15, -0.1) is 0 Å². The average molecular weight is 205 g/mol. The van der Waals surface area contributed by atoms with Crippen molar-refractivity contribution in [3.05, 3.63) is 0 Å². The third-order valence-electron chi connectivity index (χ3n) is 1.04. The van der Waals surface area contributed by atoms with Crippen molar-refractivity contribution in [1.82, 2.24) is 0 Å². The number of amides is 1. The summed E-state index contributed by atoms with van der Waals surface area (Å²) in [5, 5.41) is 0. The fraction of sp³-hybridized carbons (Fsp3) is 0.800. The summed E-state index contributed by atoms with van der Waals surface area (Å²) in [6.45, 7) is 1.53. The van der Waals surface area contributed by atoms with Gasteiger partial charge < -0.3 is 7.16 Å². The molecule has 0 spiro atoms. The summed E-state index contributed by atoms with van der Waals surface area (Å²) in [5.41, 5.74) is 4.80. The number of carbonyl (C=O) groups is 1. The molecule has 0 aliphatic rings. The van der Waals surface area contributed by atoms with Crippen LogP contribution in [-0.4, -0.2) is 24.6 Å². The average Bonchev–Trinajstić information content (AvgIpc) is 1.53. The van der Waals surface area contributed by atoms with E-state index in [0.717, 1.165) is 0 Å². The predicted molar refractivity (Wildman–Crippen MR) is 40.5 cm³/mol. The van der Waals surface area contributed by atoms with Crippen LogP contribution in [0.2, 0.25) is 0 Å². The van der Waals surface area contributed by atoms with E-state index in [2.05, 4.69) is 0 Å². The molecule has 1 amide bonds. The van der Waals surface area contributed by atoms with Crippen LogP contribution in [0.3, 0.4) is 0 Å². The molecule has 0 saturated heterocycles. The maximum atomic E-state index is 10.2. The largest absolute Gasteiger partial charge is 1.00 e. The SMILES string of the molecule is CC(CC(N)=O)CS(=O)(=O)O.[H-].[Na+]. The van der Waals surface area contributed by atoms with Gasteiger partial charge in [0.05, 0.1) is 5.75 Å². The summed E-state index contributed by atoms with van der Waals surface area (Å²) < 4.78 is 28.8. The van der Waals surface area contributed by atoms with Gasteiger partial charge in [0.15, 0.2) is 0 Å². The Hall–Kier alpha value is 0.380. The van der Waals surface area contributed by atoms with Crippen LogP contribution in [0, 0.1) is 5.92 Å². The van der Waals surface area contributed by atoms with E-state index < -0.39 is 27.7 Å². The molecule has 0 bridgehead atoms. The quantitative estimate of drug-likeness (QED) is 0.367. The van der Waals surface area contributed by atoms with Crippen LogP contribution >= 0.6 is 0 Å². The van der Waals surface area contributed by atoms with Gasteiger partial charge in [-0.1, -0.05) is 6.92 Å². The normalized spacial score (nSPS) is 13.2. The minimum atomic E-state index is -3.98. The first-order chi connectivity index (χ1) is 4.81. The van der Waals surface area contributed by atoms with Crippen molar-refractivity contribution in [2.75, 3.05) is 5.75 Å². The Labute approximate surface area is 95.2 Å². The molecule has 0 aromatic carbocycles. The third-order valence-corrected chi connectivity index (χ3v) is 2.04. The Morgan fingerprint density at radius 3 is 2.33 bits per heavy atom. The summed E-state index contributed by atoms with van der Waals surface area (Å²) in [6, 6.07) is 0. The zero-order valence-electron chi connectivity index (χ0n) is 8.15. The van der Waals surface area contributed by atoms with Gasteiger partial charge in [0, 0.05) is 6.42 Å². The minimum absolute atomic E-state index is 0. The summed E-state index contributed by atoms with van der Waals surface area (Å²) in [4.78, 5) is 10.2. The first kappa shape index (κ1) is 14.9. The van der Waals surface area contributed by atoms with Gasteiger partial charge in [-0.3, -0.25) is 9.35 Å². The Balaban J connectivity index is -0.000000500. The first-order valence-corrected chi connectivity index (χ1v) is 4.65. The number of nitrogens with two attached hydrogens (primary N) is 1. The minimum Gasteiger partial charge on any atom is -1.00 e. The van der Waals surface area contributed by atoms with Crippen LogP contribution in [0.25, 0.3) is 0 Å². The number of rotatable bonds is 4. The van der Waals surface area contributed by atoms with E-state index in [1.54, 1.807) is 0 Å². The van der Waals surface area contributed by atoms with Crippen molar-refractivity contribution in [3.63, 3.8) is 0 Å². The molecular formula is C5H12NNaO4S. The zero-order valence-corrected chi connectivity index (χ0v) is 9.97. The van der Waals surface area contributed by atoms with Gasteiger partial charge in [-0.05, 0) is 5.92 Å². The second-order valence-electron chi connectivity index (χ2n) is 2.52. The van der Waals surface area contributed by atoms with E-state index in [1.807, 2.05) is 0 Å². The molecule has 1 unspecified atom stereocenters. The van der Waals surface area contributed by atoms with Gasteiger partial charge in [0.1, 0.15) is 0 Å². The van der Waals surface area contributed by atoms with Crippen LogP contribution in [0.1, 0.15) is 14.8 Å². The number of hydrogen-bond donors (Lipinski definition) is 2. The zero-order chi connectivity index (χ0) is 9.07. The molecule has 0 rings (SSSR count). The van der Waals surface area contributed by atoms with Gasteiger partial charge in [-0.2, -0.15) is 8.42 Å². The fourth-order valence-electron chi connectivity index (χ4n) is 0.762. The van der Waals surface area contributed by atoms with Gasteiger partial charge >= 0.3 is 29.6 Å². The summed E-state index contributed by atoms with van der Waals surface area (Å²) >= 11 is 0. The first-order valence-electron chi connectivity index (χ1n) is 3.04. The molecule has 1 atom stereocenters. The van der Waals surface area contributed by atoms with Crippen molar-refractivity contribution in [1.29, 1.82) is 0 Å². The second kappa shape index (κ2) is 5.93. The smallest absolute Gasteiger partial charge is 1.00 e. The van der Waals surface area contributed by atoms with Gasteiger partial charge in [-0.25, -0.2) is 0 Å². The molecule has 68 valence electrons. The molecule has 0 aromatic heterocycles. The molecular weight excluding hydrogens is 193 g/mol. The number of hydrogen-bond acceptors (Lipinski definition) is 3. The van der Waals surface area contributed by atoms with Crippen LogP contribution in [-0.2, 0) is 14.9 Å². The van der Waals surface area contributed by atoms with Crippen LogP contribution in [0.5, 0.6) is 0 Å². The summed E-state index contributed by atoms with van der Waals surface area (Å²) in [7, 11) is -3.98. The number of carbonyl (C=O) groups excluding carboxylic acids is 1. The molecule has 5 nitrogen and oxygen atoms in total. The topological polar surface area (TPSA) is 97.5 Å². The Bertz CT molecular complexity index is 243. The van der Waals surface area contributed by atoms with Crippen LogP contribution in [0.15, 0.2) is 0 Å². The van der Waals surface area contributed by atoms with E-state index in [4.69, 9.17) is 10.3 Å². The van der Waals surface area contributed by atoms with E-state index in [1.165, 1.54) is 6.92 Å². The standard InChI is InChI=1S/C5H11NO4S.Na.H/c1-4(2-5(6)7)3-11(8,9)10;;/h4H,2-3H2,1H3,(H2,6,7)(H,8,9,10);;/q;+1;-1. The Morgan fingerprint density at radius 2 is 2.08 bits per heavy atom. The Morgan fingerprint density at radius 1 is 1.67 bits per heavy atom. The molecule has 0 saturated carbocycles. The van der Waals surface area contributed by atoms with E-state index in [9.17, 15) is 13.2 Å². The molecule has 7 heteroatoms. The molecule has 0 aliphatic carbocycles. The summed E-state index contributed by atoms with van der Waals surface area (Å²) in [6.07, 6.45) is -0.0280. The van der Waals surface area contributed by atoms with E-state index in [0.29, 0.717) is 0 Å². The van der Waals surface area contributed by atoms with Gasteiger partial charge in [0.2, 0.25) is 5.91 Å². The Kier molecular flexibility index (Phi) is 7.35. The molecule has 0 aliphatic heterocycles. The molecule has 0 fully saturated rings. The van der Waals surface area contributed by atoms with Crippen LogP contribution in [0.4, 0.5) is 0 Å². The molecule has 0 radical (unpaired) electrons. The van der Waals surface area contributed by atoms with Gasteiger partial charge in [0.25, 0.3) is 10.1 Å².